The molecule has 1 amide bonds. The van der Waals surface area contributed by atoms with E-state index in [1.165, 1.54) is 0 Å². The van der Waals surface area contributed by atoms with Crippen LogP contribution in [0.5, 0.6) is 5.75 Å². The van der Waals surface area contributed by atoms with Gasteiger partial charge >= 0.3 is 0 Å². The van der Waals surface area contributed by atoms with Gasteiger partial charge in [-0.05, 0) is 40.5 Å². The fourth-order valence-electron chi connectivity index (χ4n) is 1.74. The molecule has 0 fully saturated rings. The highest BCUT2D eigenvalue weighted by molar-refractivity contribution is 9.10. The highest BCUT2D eigenvalue weighted by Crippen LogP contribution is 2.20. The van der Waals surface area contributed by atoms with Gasteiger partial charge in [0.2, 0.25) is 0 Å². The van der Waals surface area contributed by atoms with E-state index in [9.17, 15) is 4.79 Å². The van der Waals surface area contributed by atoms with Crippen molar-refractivity contribution in [1.29, 1.82) is 0 Å². The smallest absolute Gasteiger partial charge is 0.273 e. The van der Waals surface area contributed by atoms with Crippen LogP contribution in [0.4, 0.5) is 0 Å². The molecule has 0 unspecified atom stereocenters. The number of aryl methyl sites for hydroxylation is 1. The largest absolute Gasteiger partial charge is 0.497 e. The number of nitrogens with zero attached hydrogens (tertiary/aromatic N) is 2. The molecule has 1 aromatic carbocycles. The van der Waals surface area contributed by atoms with Crippen LogP contribution in [0, 0.1) is 6.92 Å². The third-order valence-electron chi connectivity index (χ3n) is 3.09. The highest BCUT2D eigenvalue weighted by atomic mass is 79.9. The number of amides is 1. The molecule has 6 heteroatoms. The quantitative estimate of drug-likeness (QED) is 0.932. The Balaban J connectivity index is 2.02. The van der Waals surface area contributed by atoms with Gasteiger partial charge in [-0.2, -0.15) is 5.10 Å². The second kappa shape index (κ2) is 6.09. The Hall–Kier alpha value is -1.82. The molecule has 2 aromatic rings. The molecule has 0 aliphatic carbocycles. The van der Waals surface area contributed by atoms with Gasteiger partial charge in [-0.3, -0.25) is 9.48 Å². The molecule has 5 nitrogen and oxygen atoms in total. The Kier molecular flexibility index (Phi) is 4.44. The lowest BCUT2D eigenvalue weighted by atomic mass is 10.2. The van der Waals surface area contributed by atoms with E-state index in [4.69, 9.17) is 4.74 Å². The zero-order chi connectivity index (χ0) is 14.7. The Morgan fingerprint density at radius 2 is 2.05 bits per heavy atom. The normalized spacial score (nSPS) is 10.4. The van der Waals surface area contributed by atoms with Crippen LogP contribution < -0.4 is 10.1 Å². The summed E-state index contributed by atoms with van der Waals surface area (Å²) in [6.45, 7) is 2.35. The molecular formula is C14H16BrN3O2. The summed E-state index contributed by atoms with van der Waals surface area (Å²) in [5, 5.41) is 7.04. The molecule has 0 aliphatic heterocycles. The Morgan fingerprint density at radius 1 is 1.40 bits per heavy atom. The molecule has 20 heavy (non-hydrogen) atoms. The molecule has 0 atom stereocenters. The lowest BCUT2D eigenvalue weighted by molar-refractivity contribution is 0.0944. The monoisotopic (exact) mass is 337 g/mol. The maximum atomic E-state index is 12.1. The predicted molar refractivity (Wildman–Crippen MR) is 79.8 cm³/mol. The number of hydrogen-bond acceptors (Lipinski definition) is 3. The Morgan fingerprint density at radius 3 is 2.55 bits per heavy atom. The summed E-state index contributed by atoms with van der Waals surface area (Å²) in [6, 6.07) is 7.56. The van der Waals surface area contributed by atoms with Gasteiger partial charge in [-0.1, -0.05) is 12.1 Å². The third kappa shape index (κ3) is 3.01. The van der Waals surface area contributed by atoms with Crippen molar-refractivity contribution in [1.82, 2.24) is 15.1 Å². The maximum absolute atomic E-state index is 12.1. The average molecular weight is 338 g/mol. The van der Waals surface area contributed by atoms with Crippen LogP contribution in [0.15, 0.2) is 28.7 Å². The van der Waals surface area contributed by atoms with Crippen molar-refractivity contribution in [2.45, 2.75) is 13.5 Å². The summed E-state index contributed by atoms with van der Waals surface area (Å²) < 4.78 is 7.49. The summed E-state index contributed by atoms with van der Waals surface area (Å²) >= 11 is 3.39. The SMILES string of the molecule is COc1ccc(CNC(=O)c2nn(C)c(C)c2Br)cc1. The van der Waals surface area contributed by atoms with Crippen LogP contribution in [0.3, 0.4) is 0 Å². The number of halogens is 1. The minimum Gasteiger partial charge on any atom is -0.497 e. The van der Waals surface area contributed by atoms with Gasteiger partial charge < -0.3 is 10.1 Å². The fourth-order valence-corrected chi connectivity index (χ4v) is 2.25. The molecule has 0 spiro atoms. The summed E-state index contributed by atoms with van der Waals surface area (Å²) in [5.74, 6) is 0.597. The Labute approximate surface area is 126 Å². The number of methoxy groups -OCH3 is 1. The molecular weight excluding hydrogens is 322 g/mol. The number of aromatic nitrogens is 2. The van der Waals surface area contributed by atoms with E-state index in [0.29, 0.717) is 12.2 Å². The van der Waals surface area contributed by atoms with Gasteiger partial charge in [0, 0.05) is 13.6 Å². The van der Waals surface area contributed by atoms with Gasteiger partial charge in [0.05, 0.1) is 17.3 Å². The van der Waals surface area contributed by atoms with Crippen molar-refractivity contribution in [2.24, 2.45) is 7.05 Å². The summed E-state index contributed by atoms with van der Waals surface area (Å²) in [6.07, 6.45) is 0. The third-order valence-corrected chi connectivity index (χ3v) is 4.04. The number of nitrogens with one attached hydrogen (secondary N) is 1. The van der Waals surface area contributed by atoms with E-state index in [1.54, 1.807) is 18.8 Å². The molecule has 0 saturated carbocycles. The van der Waals surface area contributed by atoms with Crippen molar-refractivity contribution in [2.75, 3.05) is 7.11 Å². The van der Waals surface area contributed by atoms with Crippen molar-refractivity contribution < 1.29 is 9.53 Å². The van der Waals surface area contributed by atoms with E-state index in [-0.39, 0.29) is 5.91 Å². The highest BCUT2D eigenvalue weighted by Gasteiger charge is 2.17. The first-order valence-electron chi connectivity index (χ1n) is 6.13. The van der Waals surface area contributed by atoms with Crippen molar-refractivity contribution >= 4 is 21.8 Å². The molecule has 0 bridgehead atoms. The number of ether oxygens (including phenoxy) is 1. The van der Waals surface area contributed by atoms with Gasteiger partial charge in [0.15, 0.2) is 5.69 Å². The van der Waals surface area contributed by atoms with E-state index in [1.807, 2.05) is 31.2 Å². The summed E-state index contributed by atoms with van der Waals surface area (Å²) in [4.78, 5) is 12.1. The number of carbonyl (C=O) groups excluding carboxylic acids is 1. The van der Waals surface area contributed by atoms with Crippen LogP contribution >= 0.6 is 15.9 Å². The van der Waals surface area contributed by atoms with Gasteiger partial charge in [-0.25, -0.2) is 0 Å². The van der Waals surface area contributed by atoms with Crippen molar-refractivity contribution in [3.05, 3.63) is 45.7 Å². The van der Waals surface area contributed by atoms with Crippen LogP contribution in [-0.4, -0.2) is 22.8 Å². The molecule has 1 heterocycles. The number of rotatable bonds is 4. The predicted octanol–water partition coefficient (Wildman–Crippen LogP) is 2.43. The lowest BCUT2D eigenvalue weighted by Crippen LogP contribution is -2.23. The second-order valence-corrected chi connectivity index (χ2v) is 5.20. The van der Waals surface area contributed by atoms with Crippen LogP contribution in [0.25, 0.3) is 0 Å². The molecule has 106 valence electrons. The van der Waals surface area contributed by atoms with Crippen LogP contribution in [0.2, 0.25) is 0 Å². The molecule has 1 aromatic heterocycles. The van der Waals surface area contributed by atoms with Crippen LogP contribution in [0.1, 0.15) is 21.7 Å². The fraction of sp³-hybridized carbons (Fsp3) is 0.286. The maximum Gasteiger partial charge on any atom is 0.273 e. The molecule has 2 rings (SSSR count). The number of benzene rings is 1. The van der Waals surface area contributed by atoms with Gasteiger partial charge in [0.1, 0.15) is 5.75 Å². The molecule has 1 N–H and O–H groups in total. The topological polar surface area (TPSA) is 56.1 Å². The zero-order valence-electron chi connectivity index (χ0n) is 11.6. The van der Waals surface area contributed by atoms with Crippen molar-refractivity contribution in [3.63, 3.8) is 0 Å². The Bertz CT molecular complexity index is 620. The summed E-state index contributed by atoms with van der Waals surface area (Å²) in [5.41, 5.74) is 2.32. The van der Waals surface area contributed by atoms with Crippen LogP contribution in [-0.2, 0) is 13.6 Å². The van der Waals surface area contributed by atoms with E-state index in [2.05, 4.69) is 26.3 Å². The first-order valence-corrected chi connectivity index (χ1v) is 6.92. The first kappa shape index (κ1) is 14.6. The minimum atomic E-state index is -0.198. The summed E-state index contributed by atoms with van der Waals surface area (Å²) in [7, 11) is 3.43. The van der Waals surface area contributed by atoms with Gasteiger partial charge in [-0.15, -0.1) is 0 Å². The molecule has 0 radical (unpaired) electrons. The van der Waals surface area contributed by atoms with E-state index < -0.39 is 0 Å². The van der Waals surface area contributed by atoms with E-state index >= 15 is 0 Å². The molecule has 0 saturated heterocycles. The lowest BCUT2D eigenvalue weighted by Gasteiger charge is -2.05. The molecule has 0 aliphatic rings. The zero-order valence-corrected chi connectivity index (χ0v) is 13.2. The van der Waals surface area contributed by atoms with Crippen molar-refractivity contribution in [3.8, 4) is 5.75 Å². The van der Waals surface area contributed by atoms with E-state index in [0.717, 1.165) is 21.5 Å². The van der Waals surface area contributed by atoms with Gasteiger partial charge in [0.25, 0.3) is 5.91 Å². The standard InChI is InChI=1S/C14H16BrN3O2/c1-9-12(15)13(17-18(9)2)14(19)16-8-10-4-6-11(20-3)7-5-10/h4-7H,8H2,1-3H3,(H,16,19). The number of carbonyl (C=O) groups is 1. The minimum absolute atomic E-state index is 0.198. The number of hydrogen-bond donors (Lipinski definition) is 1. The first-order chi connectivity index (χ1) is 9.52. The average Bonchev–Trinajstić information content (AvgIpc) is 2.73. The second-order valence-electron chi connectivity index (χ2n) is 4.40.